The van der Waals surface area contributed by atoms with Crippen LogP contribution in [0.2, 0.25) is 0 Å². The van der Waals surface area contributed by atoms with Crippen molar-refractivity contribution in [3.05, 3.63) is 296 Å². The Morgan fingerprint density at radius 2 is 0.906 bits per heavy atom. The first-order valence-corrected chi connectivity index (χ1v) is 27.2. The monoisotopic (exact) mass is 1120 g/mol. The minimum absolute atomic E-state index is 0.191. The molecule has 0 aliphatic rings. The molecule has 0 saturated carbocycles. The molecular weight excluding hydrogens is 1030 g/mol. The van der Waals surface area contributed by atoms with Crippen molar-refractivity contribution in [2.45, 2.75) is 52.4 Å². The van der Waals surface area contributed by atoms with Gasteiger partial charge in [0, 0.05) is 23.0 Å². The van der Waals surface area contributed by atoms with Gasteiger partial charge in [0.15, 0.2) is 0 Å². The van der Waals surface area contributed by atoms with E-state index >= 15 is 0 Å². The van der Waals surface area contributed by atoms with Crippen LogP contribution >= 0.6 is 0 Å². The Bertz CT molecular complexity index is 5890. The highest BCUT2D eigenvalue weighted by molar-refractivity contribution is 6.09. The average Bonchev–Trinajstić information content (AvgIpc) is 1.35. The minimum Gasteiger partial charge on any atom is -0.458 e. The molecule has 0 bridgehead atoms. The molecule has 0 fully saturated rings. The van der Waals surface area contributed by atoms with Crippen LogP contribution in [0.25, 0.3) is 117 Å². The van der Waals surface area contributed by atoms with Crippen LogP contribution in [0.1, 0.15) is 88.3 Å². The molecule has 0 aliphatic heterocycles. The largest absolute Gasteiger partial charge is 0.458 e. The first-order chi connectivity index (χ1) is 52.2. The number of ether oxygens (including phenoxy) is 1. The molecular formula is C80H64N4O. The Balaban J connectivity index is 1.15. The molecule has 85 heavy (non-hydrogen) atoms. The van der Waals surface area contributed by atoms with Crippen LogP contribution in [0, 0.1) is 6.33 Å². The maximum Gasteiger partial charge on any atom is 0.269 e. The third-order valence-electron chi connectivity index (χ3n) is 14.6. The Kier molecular flexibility index (Phi) is 7.90. The van der Waals surface area contributed by atoms with Crippen LogP contribution in [0.3, 0.4) is 0 Å². The van der Waals surface area contributed by atoms with Gasteiger partial charge in [0.25, 0.3) is 6.33 Å². The van der Waals surface area contributed by atoms with Gasteiger partial charge in [-0.25, -0.2) is 4.98 Å². The molecule has 0 aliphatic carbocycles. The molecule has 3 heterocycles. The van der Waals surface area contributed by atoms with Crippen LogP contribution in [0.4, 0.5) is 0 Å². The molecule has 410 valence electrons. The van der Waals surface area contributed by atoms with Crippen molar-refractivity contribution >= 4 is 32.8 Å². The number of para-hydroxylation sites is 3. The first kappa shape index (κ1) is 31.3. The van der Waals surface area contributed by atoms with Crippen molar-refractivity contribution in [1.82, 2.24) is 14.1 Å². The van der Waals surface area contributed by atoms with E-state index in [1.165, 1.54) is 16.7 Å². The lowest BCUT2D eigenvalue weighted by Gasteiger charge is -2.26. The van der Waals surface area contributed by atoms with Crippen LogP contribution < -0.4 is 9.30 Å². The zero-order valence-corrected chi connectivity index (χ0v) is 46.7. The third kappa shape index (κ3) is 10.2. The normalized spacial score (nSPS) is 16.2. The molecule has 0 unspecified atom stereocenters. The Labute approximate surface area is 534 Å². The number of imidazole rings is 1. The summed E-state index contributed by atoms with van der Waals surface area (Å²) in [6.45, 7) is 11.6. The second kappa shape index (κ2) is 21.4. The van der Waals surface area contributed by atoms with Gasteiger partial charge >= 0.3 is 0 Å². The van der Waals surface area contributed by atoms with Crippen molar-refractivity contribution in [3.8, 4) is 95.5 Å². The first-order valence-electron chi connectivity index (χ1n) is 40.2. The fraction of sp³-hybridized carbons (Fsp3) is 0.100. The number of aromatic nitrogens is 4. The second-order valence-electron chi connectivity index (χ2n) is 22.2. The summed E-state index contributed by atoms with van der Waals surface area (Å²) in [5.74, 6) is 1.41. The summed E-state index contributed by atoms with van der Waals surface area (Å²) in [6.07, 6.45) is 5.22. The Morgan fingerprint density at radius 1 is 0.424 bits per heavy atom. The zero-order chi connectivity index (χ0) is 80.4. The van der Waals surface area contributed by atoms with Gasteiger partial charge in [-0.2, -0.15) is 0 Å². The molecule has 0 spiro atoms. The van der Waals surface area contributed by atoms with E-state index < -0.39 is 218 Å². The molecule has 5 heteroatoms. The predicted octanol–water partition coefficient (Wildman–Crippen LogP) is 20.6. The predicted molar refractivity (Wildman–Crippen MR) is 352 cm³/mol. The van der Waals surface area contributed by atoms with Gasteiger partial charge in [0.1, 0.15) is 17.3 Å². The fourth-order valence-corrected chi connectivity index (χ4v) is 10.4. The van der Waals surface area contributed by atoms with E-state index in [2.05, 4.69) is 37.7 Å². The number of pyridine rings is 1. The van der Waals surface area contributed by atoms with Gasteiger partial charge in [-0.3, -0.25) is 13.7 Å². The number of fused-ring (bicyclic) bond motifs is 4. The van der Waals surface area contributed by atoms with E-state index in [4.69, 9.17) is 26.2 Å². The summed E-state index contributed by atoms with van der Waals surface area (Å²) in [5, 5.41) is 1.89. The van der Waals surface area contributed by atoms with Crippen LogP contribution in [0.15, 0.2) is 279 Å². The van der Waals surface area contributed by atoms with Crippen molar-refractivity contribution in [1.29, 1.82) is 0 Å². The second-order valence-corrected chi connectivity index (χ2v) is 22.2. The topological polar surface area (TPSA) is 35.9 Å². The smallest absolute Gasteiger partial charge is 0.269 e. The van der Waals surface area contributed by atoms with Crippen molar-refractivity contribution in [3.63, 3.8) is 0 Å². The van der Waals surface area contributed by atoms with Crippen molar-refractivity contribution < 1.29 is 44.9 Å². The van der Waals surface area contributed by atoms with Crippen molar-refractivity contribution in [2.24, 2.45) is 0 Å². The van der Waals surface area contributed by atoms with E-state index in [9.17, 15) is 19.2 Å². The van der Waals surface area contributed by atoms with Gasteiger partial charge in [-0.05, 0) is 174 Å². The lowest BCUT2D eigenvalue weighted by atomic mass is 9.81. The van der Waals surface area contributed by atoms with E-state index in [0.29, 0.717) is 28.5 Å². The molecule has 0 amide bonds. The van der Waals surface area contributed by atoms with E-state index in [-0.39, 0.29) is 33.3 Å². The minimum atomic E-state index is -1.16. The maximum atomic E-state index is 10.6. The van der Waals surface area contributed by atoms with Gasteiger partial charge in [-0.15, -0.1) is 0 Å². The Morgan fingerprint density at radius 3 is 1.45 bits per heavy atom. The molecule has 14 rings (SSSR count). The van der Waals surface area contributed by atoms with E-state index in [1.807, 2.05) is 48.5 Å². The van der Waals surface area contributed by atoms with Crippen LogP contribution in [-0.2, 0) is 10.8 Å². The molecule has 5 nitrogen and oxygen atoms in total. The molecule has 14 aromatic rings. The number of benzene rings is 11. The van der Waals surface area contributed by atoms with E-state index in [1.54, 1.807) is 80.1 Å². The number of hydrogen-bond donors (Lipinski definition) is 0. The summed E-state index contributed by atoms with van der Waals surface area (Å²) >= 11 is 0. The van der Waals surface area contributed by atoms with E-state index in [0.717, 1.165) is 27.4 Å². The fourth-order valence-electron chi connectivity index (χ4n) is 10.4. The zero-order valence-electron chi connectivity index (χ0n) is 72.7. The molecule has 0 atom stereocenters. The van der Waals surface area contributed by atoms with Gasteiger partial charge in [0.2, 0.25) is 0 Å². The molecule has 0 radical (unpaired) electrons. The van der Waals surface area contributed by atoms with Gasteiger partial charge in [-0.1, -0.05) is 223 Å². The highest BCUT2D eigenvalue weighted by Crippen LogP contribution is 2.44. The summed E-state index contributed by atoms with van der Waals surface area (Å²) in [4.78, 5) is 4.85. The Hall–Kier alpha value is -10.4. The van der Waals surface area contributed by atoms with Crippen LogP contribution in [0.5, 0.6) is 11.5 Å². The standard InChI is InChI=1S/C80H64N4O/c1-79(2,3)64-40-41-81-77(50-64)84-73-35-20-19-34-69(73)70-39-38-68(52-76(70)84)85-67-33-23-32-66(51-67)82-53-83(75-37-22-21-36-74(75)82)78-71(62-44-58(54-24-11-7-12-25-54)42-59(45-62)55-26-13-8-14-27-55)48-65(80(4,5)6)49-72(78)63-46-60(56-28-15-9-16-29-56)43-61(47-63)57-30-17-10-18-31-57/h7-52H,1-6H3/i7D,8D,9D,10D,11D,12D,13D,14D,15D,16D,17D,18D,24D,25D,26D,27D,28D,29D,30D,31D,42D,43D,44D,45D,46D,47D. The summed E-state index contributed by atoms with van der Waals surface area (Å²) in [5.41, 5.74) is -6.03. The highest BCUT2D eigenvalue weighted by atomic mass is 16.5. The lowest BCUT2D eigenvalue weighted by Crippen LogP contribution is -2.32. The number of rotatable bonds is 11. The number of hydrogen-bond acceptors (Lipinski definition) is 2. The van der Waals surface area contributed by atoms with Gasteiger partial charge < -0.3 is 4.74 Å². The summed E-state index contributed by atoms with van der Waals surface area (Å²) in [6, 6.07) is 10.1. The quantitative estimate of drug-likeness (QED) is 0.0956. The maximum absolute atomic E-state index is 10.6. The molecule has 0 saturated heterocycles. The van der Waals surface area contributed by atoms with Crippen molar-refractivity contribution in [2.75, 3.05) is 0 Å². The SMILES string of the molecule is [2H]c1c([2H])c([2H])c(-c2c([2H])c(-c3cc(C(C)(C)C)cc(-c4c([2H])c(-c5c([2H])c([2H])c([2H])c([2H])c5[2H])c([2H])c(-c5c([2H])c([2H])c([2H])c([2H])c5[2H])c4[2H])c3-[n+]3[c-]n(-c4cccc(Oc5ccc6c7ccccc7n(-c7cc(C(C)(C)C)ccn7)c6c5)c4)c4ccccc43)c([2H])c(-c3c([2H])c([2H])c([2H])c([2H])c3[2H])c2[2H])c([2H])c1[2H]. The number of nitrogens with zero attached hydrogens (tertiary/aromatic N) is 4. The average molecular weight is 1120 g/mol. The lowest BCUT2D eigenvalue weighted by molar-refractivity contribution is -0.571. The van der Waals surface area contributed by atoms with Crippen LogP contribution in [-0.4, -0.2) is 14.1 Å². The molecule has 0 N–H and O–H groups in total. The summed E-state index contributed by atoms with van der Waals surface area (Å²) < 4.78 is 256. The highest BCUT2D eigenvalue weighted by Gasteiger charge is 2.26. The third-order valence-corrected chi connectivity index (χ3v) is 14.6. The summed E-state index contributed by atoms with van der Waals surface area (Å²) in [7, 11) is 0. The van der Waals surface area contributed by atoms with Gasteiger partial charge in [0.05, 0.1) is 69.1 Å². The molecule has 3 aromatic heterocycles. The molecule has 11 aromatic carbocycles.